The fraction of sp³-hybridized carbons (Fsp3) is 0.0833. The summed E-state index contributed by atoms with van der Waals surface area (Å²) >= 11 is 5.63. The molecule has 0 aliphatic heterocycles. The van der Waals surface area contributed by atoms with E-state index in [4.69, 9.17) is 11.6 Å². The van der Waals surface area contributed by atoms with Gasteiger partial charge in [0, 0.05) is 5.56 Å². The van der Waals surface area contributed by atoms with Crippen molar-refractivity contribution in [3.8, 4) is 0 Å². The third-order valence-electron chi connectivity index (χ3n) is 2.57. The van der Waals surface area contributed by atoms with Gasteiger partial charge in [-0.1, -0.05) is 29.3 Å². The number of nitrogens with one attached hydrogen (secondary N) is 2. The molecule has 1 aromatic heterocycles. The molecule has 108 valence electrons. The number of amides is 1. The van der Waals surface area contributed by atoms with Crippen LogP contribution >= 0.6 is 11.6 Å². The first-order valence-electron chi connectivity index (χ1n) is 5.77. The second kappa shape index (κ2) is 6.14. The summed E-state index contributed by atoms with van der Waals surface area (Å²) in [6, 6.07) is 6.82. The lowest BCUT2D eigenvalue weighted by atomic mass is 10.1. The monoisotopic (exact) mass is 307 g/mol. The van der Waals surface area contributed by atoms with Crippen molar-refractivity contribution in [2.24, 2.45) is 0 Å². The number of rotatable bonds is 4. The fourth-order valence-electron chi connectivity index (χ4n) is 1.50. The maximum absolute atomic E-state index is 11.9. The Morgan fingerprint density at radius 3 is 2.57 bits per heavy atom. The third-order valence-corrected chi connectivity index (χ3v) is 2.84. The third kappa shape index (κ3) is 3.42. The van der Waals surface area contributed by atoms with Crippen molar-refractivity contribution >= 4 is 29.0 Å². The van der Waals surface area contributed by atoms with Crippen LogP contribution in [0.2, 0.25) is 5.15 Å². The van der Waals surface area contributed by atoms with Crippen molar-refractivity contribution in [1.82, 2.24) is 15.4 Å². The number of nitro groups is 1. The van der Waals surface area contributed by atoms with Gasteiger partial charge in [-0.3, -0.25) is 25.8 Å². The molecule has 2 N–H and O–H groups in total. The highest BCUT2D eigenvalue weighted by Crippen LogP contribution is 2.27. The fourth-order valence-corrected chi connectivity index (χ4v) is 1.71. The highest BCUT2D eigenvalue weighted by atomic mass is 35.5. The van der Waals surface area contributed by atoms with Crippen LogP contribution in [0.5, 0.6) is 0 Å². The Balaban J connectivity index is 2.13. The van der Waals surface area contributed by atoms with Gasteiger partial charge in [-0.05, 0) is 19.1 Å². The van der Waals surface area contributed by atoms with E-state index < -0.39 is 16.5 Å². The van der Waals surface area contributed by atoms with E-state index >= 15 is 0 Å². The Hall–Kier alpha value is -2.74. The Bertz CT molecular complexity index is 690. The summed E-state index contributed by atoms with van der Waals surface area (Å²) in [4.78, 5) is 29.2. The largest absolute Gasteiger partial charge is 0.350 e. The summed E-state index contributed by atoms with van der Waals surface area (Å²) in [5.41, 5.74) is 5.59. The molecule has 0 spiro atoms. The lowest BCUT2D eigenvalue weighted by Gasteiger charge is -2.08. The molecular formula is C12H10ClN5O3. The van der Waals surface area contributed by atoms with E-state index in [1.165, 1.54) is 0 Å². The zero-order chi connectivity index (χ0) is 15.4. The molecule has 0 unspecified atom stereocenters. The molecular weight excluding hydrogens is 298 g/mol. The molecule has 8 nitrogen and oxygen atoms in total. The summed E-state index contributed by atoms with van der Waals surface area (Å²) in [5.74, 6) is -0.653. The minimum Gasteiger partial charge on any atom is -0.276 e. The Labute approximate surface area is 124 Å². The van der Waals surface area contributed by atoms with Crippen LogP contribution < -0.4 is 10.9 Å². The molecule has 2 aromatic rings. The average Bonchev–Trinajstić information content (AvgIpc) is 2.45. The lowest BCUT2D eigenvalue weighted by molar-refractivity contribution is -0.384. The molecule has 0 atom stereocenters. The zero-order valence-corrected chi connectivity index (χ0v) is 11.6. The number of carbonyl (C=O) groups excluding carboxylic acids is 1. The van der Waals surface area contributed by atoms with E-state index in [0.29, 0.717) is 5.56 Å². The van der Waals surface area contributed by atoms with Crippen LogP contribution in [0.4, 0.5) is 11.5 Å². The summed E-state index contributed by atoms with van der Waals surface area (Å²) in [7, 11) is 0. The highest BCUT2D eigenvalue weighted by Gasteiger charge is 2.21. The van der Waals surface area contributed by atoms with Gasteiger partial charge >= 0.3 is 5.69 Å². The van der Waals surface area contributed by atoms with Gasteiger partial charge in [-0.15, -0.1) is 0 Å². The Morgan fingerprint density at radius 1 is 1.29 bits per heavy atom. The number of hydrogen-bond donors (Lipinski definition) is 2. The quantitative estimate of drug-likeness (QED) is 0.508. The number of hydrogen-bond acceptors (Lipinski definition) is 6. The zero-order valence-electron chi connectivity index (χ0n) is 10.8. The number of aryl methyl sites for hydroxylation is 1. The van der Waals surface area contributed by atoms with Crippen LogP contribution in [-0.4, -0.2) is 20.8 Å². The van der Waals surface area contributed by atoms with Crippen LogP contribution in [0.15, 0.2) is 30.6 Å². The molecule has 0 aliphatic rings. The maximum atomic E-state index is 11.9. The van der Waals surface area contributed by atoms with Crippen molar-refractivity contribution in [2.45, 2.75) is 6.92 Å². The normalized spacial score (nSPS) is 10.0. The first kappa shape index (κ1) is 14.7. The number of aromatic nitrogens is 2. The SMILES string of the molecule is Cc1ccc(C(=O)NNc2ncnc(Cl)c2[N+](=O)[O-])cc1. The molecule has 2 rings (SSSR count). The molecule has 1 heterocycles. The standard InChI is InChI=1S/C12H10ClN5O3/c1-7-2-4-8(5-3-7)12(19)17-16-11-9(18(20)21)10(13)14-6-15-11/h2-6H,1H3,(H,17,19)(H,14,15,16). The molecule has 1 aromatic carbocycles. The number of anilines is 1. The first-order chi connectivity index (χ1) is 9.99. The highest BCUT2D eigenvalue weighted by molar-refractivity contribution is 6.31. The number of halogens is 1. The van der Waals surface area contributed by atoms with Gasteiger partial charge in [-0.2, -0.15) is 0 Å². The van der Waals surface area contributed by atoms with Crippen LogP contribution in [0.25, 0.3) is 0 Å². The van der Waals surface area contributed by atoms with Crippen molar-refractivity contribution < 1.29 is 9.72 Å². The van der Waals surface area contributed by atoms with E-state index in [1.54, 1.807) is 24.3 Å². The van der Waals surface area contributed by atoms with Crippen LogP contribution in [0.3, 0.4) is 0 Å². The molecule has 0 radical (unpaired) electrons. The minimum absolute atomic E-state index is 0.194. The van der Waals surface area contributed by atoms with Gasteiger partial charge in [0.05, 0.1) is 4.92 Å². The number of nitrogens with zero attached hydrogens (tertiary/aromatic N) is 3. The predicted molar refractivity (Wildman–Crippen MR) is 76.0 cm³/mol. The molecule has 0 fully saturated rings. The number of carbonyl (C=O) groups is 1. The molecule has 9 heteroatoms. The minimum atomic E-state index is -0.733. The molecule has 0 saturated carbocycles. The smallest absolute Gasteiger partial charge is 0.276 e. The van der Waals surface area contributed by atoms with E-state index in [2.05, 4.69) is 20.8 Å². The molecule has 0 bridgehead atoms. The number of benzene rings is 1. The van der Waals surface area contributed by atoms with Gasteiger partial charge in [-0.25, -0.2) is 9.97 Å². The van der Waals surface area contributed by atoms with E-state index in [9.17, 15) is 14.9 Å². The van der Waals surface area contributed by atoms with Gasteiger partial charge < -0.3 is 0 Å². The van der Waals surface area contributed by atoms with Crippen LogP contribution in [0, 0.1) is 17.0 Å². The topological polar surface area (TPSA) is 110 Å². The molecule has 0 saturated heterocycles. The Morgan fingerprint density at radius 2 is 1.95 bits per heavy atom. The number of hydrazine groups is 1. The summed E-state index contributed by atoms with van der Waals surface area (Å²) in [5, 5.41) is 10.6. The van der Waals surface area contributed by atoms with Crippen molar-refractivity contribution in [1.29, 1.82) is 0 Å². The average molecular weight is 308 g/mol. The van der Waals surface area contributed by atoms with Crippen molar-refractivity contribution in [2.75, 3.05) is 5.43 Å². The predicted octanol–water partition coefficient (Wildman–Crippen LogP) is 2.10. The molecule has 21 heavy (non-hydrogen) atoms. The summed E-state index contributed by atoms with van der Waals surface area (Å²) in [6.45, 7) is 1.90. The summed E-state index contributed by atoms with van der Waals surface area (Å²) < 4.78 is 0. The van der Waals surface area contributed by atoms with Crippen molar-refractivity contribution in [3.63, 3.8) is 0 Å². The van der Waals surface area contributed by atoms with E-state index in [0.717, 1.165) is 11.9 Å². The van der Waals surface area contributed by atoms with Gasteiger partial charge in [0.1, 0.15) is 6.33 Å². The molecule has 1 amide bonds. The van der Waals surface area contributed by atoms with Gasteiger partial charge in [0.2, 0.25) is 11.0 Å². The van der Waals surface area contributed by atoms with Crippen molar-refractivity contribution in [3.05, 3.63) is 57.0 Å². The lowest BCUT2D eigenvalue weighted by Crippen LogP contribution is -2.30. The van der Waals surface area contributed by atoms with E-state index in [1.807, 2.05) is 6.92 Å². The summed E-state index contributed by atoms with van der Waals surface area (Å²) in [6.07, 6.45) is 1.05. The van der Waals surface area contributed by atoms with Gasteiger partial charge in [0.25, 0.3) is 5.91 Å². The second-order valence-corrected chi connectivity index (χ2v) is 4.42. The maximum Gasteiger partial charge on any atom is 0.350 e. The van der Waals surface area contributed by atoms with Crippen LogP contribution in [-0.2, 0) is 0 Å². The first-order valence-corrected chi connectivity index (χ1v) is 6.14. The van der Waals surface area contributed by atoms with Crippen LogP contribution in [0.1, 0.15) is 15.9 Å². The molecule has 0 aliphatic carbocycles. The Kier molecular flexibility index (Phi) is 4.29. The second-order valence-electron chi connectivity index (χ2n) is 4.06. The van der Waals surface area contributed by atoms with E-state index in [-0.39, 0.29) is 11.0 Å². The van der Waals surface area contributed by atoms with Gasteiger partial charge in [0.15, 0.2) is 0 Å².